The van der Waals surface area contributed by atoms with Crippen molar-refractivity contribution >= 4 is 0 Å². The van der Waals surface area contributed by atoms with Crippen LogP contribution >= 0.6 is 0 Å². The number of rotatable bonds is 1. The van der Waals surface area contributed by atoms with Crippen LogP contribution in [-0.2, 0) is 0 Å². The lowest BCUT2D eigenvalue weighted by Gasteiger charge is -2.31. The van der Waals surface area contributed by atoms with Crippen molar-refractivity contribution in [2.24, 2.45) is 0 Å². The van der Waals surface area contributed by atoms with Crippen LogP contribution in [0.5, 0.6) is 0 Å². The summed E-state index contributed by atoms with van der Waals surface area (Å²) >= 11 is 0. The van der Waals surface area contributed by atoms with Crippen molar-refractivity contribution < 1.29 is 5.11 Å². The summed E-state index contributed by atoms with van der Waals surface area (Å²) in [5.74, 6) is 0. The van der Waals surface area contributed by atoms with Crippen LogP contribution in [0.25, 0.3) is 0 Å². The van der Waals surface area contributed by atoms with Gasteiger partial charge in [0.2, 0.25) is 0 Å². The third-order valence-corrected chi connectivity index (χ3v) is 2.98. The predicted octanol–water partition coefficient (Wildman–Crippen LogP) is -0.195. The van der Waals surface area contributed by atoms with Gasteiger partial charge in [0, 0.05) is 25.7 Å². The molecule has 0 aromatic carbocycles. The number of aliphatic hydroxyl groups is 1. The molecule has 0 aromatic rings. The van der Waals surface area contributed by atoms with E-state index in [0.29, 0.717) is 6.04 Å². The molecule has 3 nitrogen and oxygen atoms in total. The van der Waals surface area contributed by atoms with Crippen molar-refractivity contribution in [2.75, 3.05) is 26.2 Å². The summed E-state index contributed by atoms with van der Waals surface area (Å²) in [4.78, 5) is 2.43. The van der Waals surface area contributed by atoms with E-state index in [1.54, 1.807) is 0 Å². The fourth-order valence-electron chi connectivity index (χ4n) is 2.24. The Morgan fingerprint density at radius 1 is 1.33 bits per heavy atom. The minimum absolute atomic E-state index is 0.0630. The lowest BCUT2D eigenvalue weighted by atomic mass is 10.1. The number of hydrogen-bond donors (Lipinski definition) is 2. The van der Waals surface area contributed by atoms with Crippen molar-refractivity contribution in [1.29, 1.82) is 0 Å². The largest absolute Gasteiger partial charge is 0.392 e. The number of nitrogens with zero attached hydrogens (tertiary/aromatic N) is 1. The second-order valence-corrected chi connectivity index (χ2v) is 3.94. The monoisotopic (exact) mass is 170 g/mol. The molecule has 2 N–H and O–H groups in total. The highest BCUT2D eigenvalue weighted by Crippen LogP contribution is 2.16. The van der Waals surface area contributed by atoms with Crippen molar-refractivity contribution in [3.8, 4) is 0 Å². The van der Waals surface area contributed by atoms with Crippen LogP contribution in [0, 0.1) is 0 Å². The average molecular weight is 170 g/mol. The molecule has 0 unspecified atom stereocenters. The molecule has 2 saturated heterocycles. The molecule has 2 aliphatic rings. The molecule has 0 aromatic heterocycles. The van der Waals surface area contributed by atoms with Crippen molar-refractivity contribution in [3.05, 3.63) is 0 Å². The molecule has 0 radical (unpaired) electrons. The summed E-state index contributed by atoms with van der Waals surface area (Å²) in [6, 6.07) is 0.691. The van der Waals surface area contributed by atoms with Crippen molar-refractivity contribution in [2.45, 2.75) is 31.4 Å². The molecule has 2 heterocycles. The van der Waals surface area contributed by atoms with Crippen molar-refractivity contribution in [3.63, 3.8) is 0 Å². The van der Waals surface area contributed by atoms with Crippen LogP contribution in [0.1, 0.15) is 19.3 Å². The van der Waals surface area contributed by atoms with E-state index in [1.165, 1.54) is 19.4 Å². The zero-order chi connectivity index (χ0) is 8.39. The van der Waals surface area contributed by atoms with Gasteiger partial charge in [-0.2, -0.15) is 0 Å². The van der Waals surface area contributed by atoms with Gasteiger partial charge in [-0.05, 0) is 25.8 Å². The summed E-state index contributed by atoms with van der Waals surface area (Å²) in [5, 5.41) is 12.8. The fourth-order valence-corrected chi connectivity index (χ4v) is 2.24. The first-order valence-electron chi connectivity index (χ1n) is 4.99. The first-order valence-corrected chi connectivity index (χ1v) is 4.99. The SMILES string of the molecule is O[C@@H]1CCN([C@@H]2CCCNC2)C1. The maximum atomic E-state index is 9.37. The molecule has 2 aliphatic heterocycles. The second kappa shape index (κ2) is 3.73. The molecule has 0 spiro atoms. The summed E-state index contributed by atoms with van der Waals surface area (Å²) in [6.45, 7) is 4.28. The van der Waals surface area contributed by atoms with Crippen LogP contribution in [0.4, 0.5) is 0 Å². The molecule has 2 rings (SSSR count). The lowest BCUT2D eigenvalue weighted by molar-refractivity contribution is 0.147. The highest BCUT2D eigenvalue weighted by atomic mass is 16.3. The Morgan fingerprint density at radius 2 is 2.25 bits per heavy atom. The third kappa shape index (κ3) is 1.79. The number of nitrogens with one attached hydrogen (secondary N) is 1. The lowest BCUT2D eigenvalue weighted by Crippen LogP contribution is -2.45. The predicted molar refractivity (Wildman–Crippen MR) is 48.1 cm³/mol. The van der Waals surface area contributed by atoms with Gasteiger partial charge < -0.3 is 10.4 Å². The number of β-amino-alcohol motifs (C(OH)–C–C–N with tert-alkyl or cyclic N) is 1. The Bertz CT molecular complexity index is 143. The van der Waals surface area contributed by atoms with Crippen molar-refractivity contribution in [1.82, 2.24) is 10.2 Å². The summed E-state index contributed by atoms with van der Waals surface area (Å²) < 4.78 is 0. The van der Waals surface area contributed by atoms with Gasteiger partial charge >= 0.3 is 0 Å². The normalized spacial score (nSPS) is 38.8. The van der Waals surface area contributed by atoms with E-state index in [2.05, 4.69) is 10.2 Å². The molecule has 0 amide bonds. The van der Waals surface area contributed by atoms with Gasteiger partial charge in [-0.15, -0.1) is 0 Å². The molecule has 0 bridgehead atoms. The topological polar surface area (TPSA) is 35.5 Å². The first kappa shape index (κ1) is 8.48. The Hall–Kier alpha value is -0.120. The molecule has 2 atom stereocenters. The Morgan fingerprint density at radius 3 is 2.83 bits per heavy atom. The van der Waals surface area contributed by atoms with E-state index in [4.69, 9.17) is 0 Å². The first-order chi connectivity index (χ1) is 5.86. The second-order valence-electron chi connectivity index (χ2n) is 3.94. The van der Waals surface area contributed by atoms with Gasteiger partial charge in [0.05, 0.1) is 6.10 Å². The van der Waals surface area contributed by atoms with Gasteiger partial charge in [-0.25, -0.2) is 0 Å². The number of hydrogen-bond acceptors (Lipinski definition) is 3. The highest BCUT2D eigenvalue weighted by molar-refractivity contribution is 4.84. The van der Waals surface area contributed by atoms with E-state index in [0.717, 1.165) is 26.1 Å². The van der Waals surface area contributed by atoms with Gasteiger partial charge in [0.1, 0.15) is 0 Å². The van der Waals surface area contributed by atoms with E-state index in [1.807, 2.05) is 0 Å². The molecule has 0 aliphatic carbocycles. The quantitative estimate of drug-likeness (QED) is 0.572. The van der Waals surface area contributed by atoms with Crippen LogP contribution in [0.15, 0.2) is 0 Å². The average Bonchev–Trinajstić information content (AvgIpc) is 2.54. The van der Waals surface area contributed by atoms with Gasteiger partial charge in [0.15, 0.2) is 0 Å². The molecule has 2 fully saturated rings. The number of piperidine rings is 1. The van der Waals surface area contributed by atoms with E-state index >= 15 is 0 Å². The minimum Gasteiger partial charge on any atom is -0.392 e. The maximum absolute atomic E-state index is 9.37. The minimum atomic E-state index is -0.0630. The summed E-state index contributed by atoms with van der Waals surface area (Å²) in [6.07, 6.45) is 3.50. The molecule has 0 saturated carbocycles. The van der Waals surface area contributed by atoms with Gasteiger partial charge in [0.25, 0.3) is 0 Å². The fraction of sp³-hybridized carbons (Fsp3) is 1.00. The summed E-state index contributed by atoms with van der Waals surface area (Å²) in [5.41, 5.74) is 0. The number of aliphatic hydroxyl groups excluding tert-OH is 1. The van der Waals surface area contributed by atoms with E-state index < -0.39 is 0 Å². The Kier molecular flexibility index (Phi) is 2.63. The van der Waals surface area contributed by atoms with Crippen LogP contribution in [-0.4, -0.2) is 48.3 Å². The molecule has 70 valence electrons. The van der Waals surface area contributed by atoms with E-state index in [9.17, 15) is 5.11 Å². The molecular formula is C9H18N2O. The zero-order valence-corrected chi connectivity index (χ0v) is 7.50. The van der Waals surface area contributed by atoms with Crippen LogP contribution in [0.2, 0.25) is 0 Å². The Labute approximate surface area is 73.8 Å². The molecule has 3 heteroatoms. The Balaban J connectivity index is 1.83. The third-order valence-electron chi connectivity index (χ3n) is 2.98. The van der Waals surface area contributed by atoms with Crippen LogP contribution in [0.3, 0.4) is 0 Å². The highest BCUT2D eigenvalue weighted by Gasteiger charge is 2.27. The van der Waals surface area contributed by atoms with Gasteiger partial charge in [-0.3, -0.25) is 4.90 Å². The van der Waals surface area contributed by atoms with Gasteiger partial charge in [-0.1, -0.05) is 0 Å². The smallest absolute Gasteiger partial charge is 0.0679 e. The van der Waals surface area contributed by atoms with Crippen LogP contribution < -0.4 is 5.32 Å². The number of likely N-dealkylation sites (tertiary alicyclic amines) is 1. The zero-order valence-electron chi connectivity index (χ0n) is 7.50. The molecule has 12 heavy (non-hydrogen) atoms. The summed E-state index contributed by atoms with van der Waals surface area (Å²) in [7, 11) is 0. The molecular weight excluding hydrogens is 152 g/mol. The maximum Gasteiger partial charge on any atom is 0.0679 e. The standard InChI is InChI=1S/C9H18N2O/c12-9-3-5-11(7-9)8-2-1-4-10-6-8/h8-10,12H,1-7H2/t8-,9-/m1/s1. The van der Waals surface area contributed by atoms with E-state index in [-0.39, 0.29) is 6.10 Å².